The lowest BCUT2D eigenvalue weighted by Gasteiger charge is -2.15. The highest BCUT2D eigenvalue weighted by molar-refractivity contribution is 9.10. The van der Waals surface area contributed by atoms with Crippen molar-refractivity contribution in [3.05, 3.63) is 58.1 Å². The van der Waals surface area contributed by atoms with Gasteiger partial charge in [-0.1, -0.05) is 34.1 Å². The molecule has 2 N–H and O–H groups in total. The fourth-order valence-electron chi connectivity index (χ4n) is 1.88. The second-order valence-electron chi connectivity index (χ2n) is 4.61. The molecule has 0 bridgehead atoms. The minimum Gasteiger partial charge on any atom is -0.497 e. The molecule has 4 heteroatoms. The molecular weight excluding hydrogens is 318 g/mol. The maximum atomic E-state index is 5.97. The van der Waals surface area contributed by atoms with Gasteiger partial charge in [-0.3, -0.25) is 0 Å². The summed E-state index contributed by atoms with van der Waals surface area (Å²) in [6.45, 7) is 2.44. The molecule has 0 heterocycles. The summed E-state index contributed by atoms with van der Waals surface area (Å²) >= 11 is 3.42. The minimum atomic E-state index is -0.0826. The third-order valence-corrected chi connectivity index (χ3v) is 3.55. The molecule has 1 atom stereocenters. The van der Waals surface area contributed by atoms with Gasteiger partial charge in [-0.15, -0.1) is 0 Å². The number of rotatable bonds is 5. The first-order valence-corrected chi connectivity index (χ1v) is 7.20. The number of benzene rings is 2. The molecule has 106 valence electrons. The first-order valence-electron chi connectivity index (χ1n) is 6.41. The number of halogens is 1. The van der Waals surface area contributed by atoms with Crippen molar-refractivity contribution in [3.63, 3.8) is 0 Å². The van der Waals surface area contributed by atoms with Crippen LogP contribution in [0.1, 0.15) is 24.1 Å². The summed E-state index contributed by atoms with van der Waals surface area (Å²) < 4.78 is 12.2. The number of ether oxygens (including phenoxy) is 2. The number of nitrogens with two attached hydrogens (primary N) is 1. The summed E-state index contributed by atoms with van der Waals surface area (Å²) in [7, 11) is 1.64. The van der Waals surface area contributed by atoms with E-state index in [-0.39, 0.29) is 6.04 Å². The third-order valence-electron chi connectivity index (χ3n) is 3.02. The topological polar surface area (TPSA) is 44.5 Å². The highest BCUT2D eigenvalue weighted by atomic mass is 79.9. The van der Waals surface area contributed by atoms with Crippen LogP contribution in [0.2, 0.25) is 0 Å². The zero-order valence-electron chi connectivity index (χ0n) is 11.6. The quantitative estimate of drug-likeness (QED) is 0.896. The molecule has 0 spiro atoms. The first-order chi connectivity index (χ1) is 9.60. The van der Waals surface area contributed by atoms with E-state index < -0.39 is 0 Å². The van der Waals surface area contributed by atoms with Crippen molar-refractivity contribution in [3.8, 4) is 11.5 Å². The maximum Gasteiger partial charge on any atom is 0.128 e. The standard InChI is InChI=1S/C16H18BrNO2/c1-11(18)15-8-7-14(19-2)9-16(15)20-10-12-3-5-13(17)6-4-12/h3-9,11H,10,18H2,1-2H3/t11-/m0/s1. The van der Waals surface area contributed by atoms with Crippen LogP contribution in [0.25, 0.3) is 0 Å². The first kappa shape index (κ1) is 14.9. The Morgan fingerprint density at radius 3 is 2.45 bits per heavy atom. The fourth-order valence-corrected chi connectivity index (χ4v) is 2.15. The van der Waals surface area contributed by atoms with E-state index >= 15 is 0 Å². The molecule has 0 aromatic heterocycles. The highest BCUT2D eigenvalue weighted by Crippen LogP contribution is 2.29. The molecule has 0 radical (unpaired) electrons. The molecule has 0 fully saturated rings. The highest BCUT2D eigenvalue weighted by Gasteiger charge is 2.10. The predicted octanol–water partition coefficient (Wildman–Crippen LogP) is 4.06. The van der Waals surface area contributed by atoms with Gasteiger partial charge in [0.2, 0.25) is 0 Å². The second kappa shape index (κ2) is 6.77. The van der Waals surface area contributed by atoms with Crippen molar-refractivity contribution in [1.82, 2.24) is 0 Å². The molecule has 0 amide bonds. The summed E-state index contributed by atoms with van der Waals surface area (Å²) in [5.41, 5.74) is 8.05. The zero-order chi connectivity index (χ0) is 14.5. The van der Waals surface area contributed by atoms with Gasteiger partial charge >= 0.3 is 0 Å². The fraction of sp³-hybridized carbons (Fsp3) is 0.250. The lowest BCUT2D eigenvalue weighted by molar-refractivity contribution is 0.299. The predicted molar refractivity (Wildman–Crippen MR) is 84.1 cm³/mol. The Balaban J connectivity index is 2.16. The minimum absolute atomic E-state index is 0.0826. The Kier molecular flexibility index (Phi) is 5.04. The van der Waals surface area contributed by atoms with Crippen LogP contribution in [-0.4, -0.2) is 7.11 Å². The van der Waals surface area contributed by atoms with Crippen LogP contribution in [-0.2, 0) is 6.61 Å². The van der Waals surface area contributed by atoms with Gasteiger partial charge in [0.25, 0.3) is 0 Å². The molecule has 0 unspecified atom stereocenters. The number of hydrogen-bond acceptors (Lipinski definition) is 3. The maximum absolute atomic E-state index is 5.97. The Bertz CT molecular complexity index is 567. The van der Waals surface area contributed by atoms with Gasteiger partial charge in [0.1, 0.15) is 18.1 Å². The molecule has 0 aliphatic carbocycles. The summed E-state index contributed by atoms with van der Waals surface area (Å²) in [5, 5.41) is 0. The average Bonchev–Trinajstić information content (AvgIpc) is 2.46. The molecular formula is C16H18BrNO2. The van der Waals surface area contributed by atoms with Gasteiger partial charge in [0, 0.05) is 22.1 Å². The van der Waals surface area contributed by atoms with E-state index in [2.05, 4.69) is 15.9 Å². The Labute approximate surface area is 127 Å². The third kappa shape index (κ3) is 3.74. The van der Waals surface area contributed by atoms with Crippen molar-refractivity contribution >= 4 is 15.9 Å². The zero-order valence-corrected chi connectivity index (χ0v) is 13.2. The van der Waals surface area contributed by atoms with Gasteiger partial charge < -0.3 is 15.2 Å². The van der Waals surface area contributed by atoms with Crippen molar-refractivity contribution in [2.24, 2.45) is 5.73 Å². The van der Waals surface area contributed by atoms with Gasteiger partial charge in [-0.05, 0) is 30.7 Å². The second-order valence-corrected chi connectivity index (χ2v) is 5.52. The van der Waals surface area contributed by atoms with E-state index in [0.717, 1.165) is 27.1 Å². The summed E-state index contributed by atoms with van der Waals surface area (Å²) in [5.74, 6) is 1.53. The number of hydrogen-bond donors (Lipinski definition) is 1. The van der Waals surface area contributed by atoms with Crippen molar-refractivity contribution in [1.29, 1.82) is 0 Å². The smallest absolute Gasteiger partial charge is 0.128 e. The van der Waals surface area contributed by atoms with Gasteiger partial charge in [0.15, 0.2) is 0 Å². The van der Waals surface area contributed by atoms with Crippen LogP contribution in [0.5, 0.6) is 11.5 Å². The van der Waals surface area contributed by atoms with Crippen LogP contribution in [0.15, 0.2) is 46.9 Å². The van der Waals surface area contributed by atoms with Crippen LogP contribution in [0.3, 0.4) is 0 Å². The Morgan fingerprint density at radius 2 is 1.85 bits per heavy atom. The van der Waals surface area contributed by atoms with Crippen molar-refractivity contribution in [2.75, 3.05) is 7.11 Å². The summed E-state index contributed by atoms with van der Waals surface area (Å²) in [6.07, 6.45) is 0. The van der Waals surface area contributed by atoms with E-state index in [1.807, 2.05) is 49.4 Å². The lowest BCUT2D eigenvalue weighted by Crippen LogP contribution is -2.08. The molecule has 3 nitrogen and oxygen atoms in total. The SMILES string of the molecule is COc1ccc([C@H](C)N)c(OCc2ccc(Br)cc2)c1. The average molecular weight is 336 g/mol. The molecule has 0 aliphatic rings. The summed E-state index contributed by atoms with van der Waals surface area (Å²) in [4.78, 5) is 0. The normalized spacial score (nSPS) is 12.0. The van der Waals surface area contributed by atoms with Crippen LogP contribution in [0.4, 0.5) is 0 Å². The lowest BCUT2D eigenvalue weighted by atomic mass is 10.1. The van der Waals surface area contributed by atoms with Crippen molar-refractivity contribution in [2.45, 2.75) is 19.6 Å². The van der Waals surface area contributed by atoms with E-state index in [1.54, 1.807) is 7.11 Å². The van der Waals surface area contributed by atoms with Gasteiger partial charge in [-0.25, -0.2) is 0 Å². The van der Waals surface area contributed by atoms with E-state index in [0.29, 0.717) is 6.61 Å². The molecule has 0 aliphatic heterocycles. The Morgan fingerprint density at radius 1 is 1.15 bits per heavy atom. The number of methoxy groups -OCH3 is 1. The molecule has 2 rings (SSSR count). The molecule has 2 aromatic rings. The Hall–Kier alpha value is -1.52. The molecule has 0 saturated carbocycles. The monoisotopic (exact) mass is 335 g/mol. The van der Waals surface area contributed by atoms with Crippen molar-refractivity contribution < 1.29 is 9.47 Å². The van der Waals surface area contributed by atoms with E-state index in [4.69, 9.17) is 15.2 Å². The van der Waals surface area contributed by atoms with Gasteiger partial charge in [0.05, 0.1) is 7.11 Å². The summed E-state index contributed by atoms with van der Waals surface area (Å²) in [6, 6.07) is 13.7. The van der Waals surface area contributed by atoms with E-state index in [1.165, 1.54) is 0 Å². The van der Waals surface area contributed by atoms with Crippen LogP contribution >= 0.6 is 15.9 Å². The molecule has 0 saturated heterocycles. The largest absolute Gasteiger partial charge is 0.497 e. The van der Waals surface area contributed by atoms with Gasteiger partial charge in [-0.2, -0.15) is 0 Å². The van der Waals surface area contributed by atoms with Crippen LogP contribution < -0.4 is 15.2 Å². The van der Waals surface area contributed by atoms with Crippen LogP contribution in [0, 0.1) is 0 Å². The van der Waals surface area contributed by atoms with E-state index in [9.17, 15) is 0 Å². The molecule has 2 aromatic carbocycles. The molecule has 20 heavy (non-hydrogen) atoms.